The van der Waals surface area contributed by atoms with Gasteiger partial charge < -0.3 is 9.47 Å². The largest absolute Gasteiger partial charge is 0.377 e. The Hall–Kier alpha value is -1.82. The number of pyridine rings is 2. The van der Waals surface area contributed by atoms with Gasteiger partial charge in [-0.1, -0.05) is 12.1 Å². The Morgan fingerprint density at radius 1 is 1.15 bits per heavy atom. The maximum atomic E-state index is 6.30. The highest BCUT2D eigenvalue weighted by Crippen LogP contribution is 2.42. The summed E-state index contributed by atoms with van der Waals surface area (Å²) in [5, 5.41) is 0. The lowest BCUT2D eigenvalue weighted by Crippen LogP contribution is -2.47. The highest BCUT2D eigenvalue weighted by molar-refractivity contribution is 5.07. The third-order valence-corrected chi connectivity index (χ3v) is 6.02. The van der Waals surface area contributed by atoms with Gasteiger partial charge in [-0.05, 0) is 55.4 Å². The van der Waals surface area contributed by atoms with Gasteiger partial charge in [0, 0.05) is 51.4 Å². The molecule has 5 nitrogen and oxygen atoms in total. The lowest BCUT2D eigenvalue weighted by Gasteiger charge is -2.42. The van der Waals surface area contributed by atoms with Crippen molar-refractivity contribution >= 4 is 0 Å². The Balaban J connectivity index is 1.23. The molecule has 5 heteroatoms. The molecule has 2 aromatic heterocycles. The quantitative estimate of drug-likeness (QED) is 0.702. The molecular formula is C22H29N3O2. The van der Waals surface area contributed by atoms with Crippen LogP contribution in [-0.4, -0.2) is 46.8 Å². The second-order valence-corrected chi connectivity index (χ2v) is 7.70. The van der Waals surface area contributed by atoms with Crippen molar-refractivity contribution in [1.29, 1.82) is 0 Å². The number of hydrogen-bond donors (Lipinski definition) is 0. The number of aromatic nitrogens is 2. The Morgan fingerprint density at radius 2 is 2.07 bits per heavy atom. The van der Waals surface area contributed by atoms with Gasteiger partial charge in [-0.2, -0.15) is 0 Å². The monoisotopic (exact) mass is 367 g/mol. The summed E-state index contributed by atoms with van der Waals surface area (Å²) in [4.78, 5) is 11.1. The van der Waals surface area contributed by atoms with E-state index in [0.29, 0.717) is 12.5 Å². The predicted octanol–water partition coefficient (Wildman–Crippen LogP) is 3.45. The van der Waals surface area contributed by atoms with E-state index in [1.807, 2.05) is 24.5 Å². The number of piperidine rings is 1. The van der Waals surface area contributed by atoms with E-state index in [4.69, 9.17) is 9.47 Å². The van der Waals surface area contributed by atoms with Crippen LogP contribution in [0.2, 0.25) is 0 Å². The molecule has 0 amide bonds. The maximum Gasteiger partial charge on any atom is 0.0736 e. The zero-order valence-corrected chi connectivity index (χ0v) is 15.9. The van der Waals surface area contributed by atoms with E-state index in [-0.39, 0.29) is 5.60 Å². The average Bonchev–Trinajstić information content (AvgIpc) is 3.11. The van der Waals surface area contributed by atoms with Crippen molar-refractivity contribution < 1.29 is 9.47 Å². The standard InChI is InChI=1S/C22H29N3O2/c1-2-11-24-21(5-1)17-25-12-8-22(9-13-25)20(7-15-27-22)6-14-26-18-19-4-3-10-23-16-19/h1-5,10-11,16,20H,6-9,12-15,17-18H2/t20-/m0/s1. The van der Waals surface area contributed by atoms with Crippen LogP contribution in [0, 0.1) is 5.92 Å². The average molecular weight is 367 g/mol. The fraction of sp³-hybridized carbons (Fsp3) is 0.545. The normalized spacial score (nSPS) is 22.3. The topological polar surface area (TPSA) is 47.5 Å². The minimum absolute atomic E-state index is 0.0677. The first-order chi connectivity index (χ1) is 13.3. The van der Waals surface area contributed by atoms with Gasteiger partial charge >= 0.3 is 0 Å². The summed E-state index contributed by atoms with van der Waals surface area (Å²) >= 11 is 0. The molecule has 0 radical (unpaired) electrons. The van der Waals surface area contributed by atoms with E-state index in [0.717, 1.165) is 69.8 Å². The van der Waals surface area contributed by atoms with Crippen LogP contribution in [0.1, 0.15) is 36.9 Å². The number of likely N-dealkylation sites (tertiary alicyclic amines) is 1. The first-order valence-corrected chi connectivity index (χ1v) is 10.1. The SMILES string of the molecule is c1ccc(CN2CCC3(CC2)OCC[C@@H]3CCOCc2cccnc2)nc1. The summed E-state index contributed by atoms with van der Waals surface area (Å²) in [6.07, 6.45) is 10.0. The molecule has 27 heavy (non-hydrogen) atoms. The summed E-state index contributed by atoms with van der Waals surface area (Å²) < 4.78 is 12.2. The molecule has 2 aliphatic heterocycles. The molecule has 0 unspecified atom stereocenters. The van der Waals surface area contributed by atoms with E-state index >= 15 is 0 Å². The van der Waals surface area contributed by atoms with Gasteiger partial charge in [0.25, 0.3) is 0 Å². The van der Waals surface area contributed by atoms with E-state index < -0.39 is 0 Å². The number of rotatable bonds is 7. The van der Waals surface area contributed by atoms with E-state index in [1.165, 1.54) is 0 Å². The van der Waals surface area contributed by atoms with Crippen molar-refractivity contribution in [1.82, 2.24) is 14.9 Å². The molecule has 0 aliphatic carbocycles. The molecule has 2 saturated heterocycles. The van der Waals surface area contributed by atoms with Crippen molar-refractivity contribution in [3.8, 4) is 0 Å². The van der Waals surface area contributed by atoms with Crippen LogP contribution in [0.25, 0.3) is 0 Å². The summed E-state index contributed by atoms with van der Waals surface area (Å²) in [6, 6.07) is 10.2. The molecule has 1 atom stereocenters. The van der Waals surface area contributed by atoms with Gasteiger partial charge in [0.1, 0.15) is 0 Å². The van der Waals surface area contributed by atoms with Crippen LogP contribution in [0.5, 0.6) is 0 Å². The minimum Gasteiger partial charge on any atom is -0.377 e. The predicted molar refractivity (Wildman–Crippen MR) is 104 cm³/mol. The molecule has 2 aromatic rings. The Kier molecular flexibility index (Phi) is 6.12. The molecule has 4 rings (SSSR count). The molecule has 2 fully saturated rings. The highest BCUT2D eigenvalue weighted by atomic mass is 16.5. The molecule has 0 N–H and O–H groups in total. The van der Waals surface area contributed by atoms with Gasteiger partial charge in [-0.3, -0.25) is 14.9 Å². The lowest BCUT2D eigenvalue weighted by molar-refractivity contribution is -0.0735. The third-order valence-electron chi connectivity index (χ3n) is 6.02. The molecule has 1 spiro atoms. The van der Waals surface area contributed by atoms with Crippen LogP contribution in [0.4, 0.5) is 0 Å². The second kappa shape index (κ2) is 8.91. The lowest BCUT2D eigenvalue weighted by atomic mass is 9.78. The van der Waals surface area contributed by atoms with Crippen LogP contribution in [0.15, 0.2) is 48.9 Å². The summed E-state index contributed by atoms with van der Waals surface area (Å²) in [5.74, 6) is 0.614. The number of ether oxygens (including phenoxy) is 2. The fourth-order valence-electron chi connectivity index (χ4n) is 4.45. The first kappa shape index (κ1) is 18.5. The van der Waals surface area contributed by atoms with E-state index in [1.54, 1.807) is 6.20 Å². The molecule has 4 heterocycles. The van der Waals surface area contributed by atoms with Gasteiger partial charge in [0.15, 0.2) is 0 Å². The van der Waals surface area contributed by atoms with Crippen molar-refractivity contribution in [3.05, 3.63) is 60.2 Å². The number of nitrogens with zero attached hydrogens (tertiary/aromatic N) is 3. The van der Waals surface area contributed by atoms with Crippen LogP contribution >= 0.6 is 0 Å². The zero-order chi connectivity index (χ0) is 18.4. The minimum atomic E-state index is 0.0677. The van der Waals surface area contributed by atoms with Gasteiger partial charge in [0.05, 0.1) is 17.9 Å². The molecule has 2 aliphatic rings. The Morgan fingerprint density at radius 3 is 2.85 bits per heavy atom. The maximum absolute atomic E-state index is 6.30. The Labute approximate surface area is 161 Å². The Bertz CT molecular complexity index is 687. The van der Waals surface area contributed by atoms with E-state index in [9.17, 15) is 0 Å². The van der Waals surface area contributed by atoms with Crippen LogP contribution < -0.4 is 0 Å². The van der Waals surface area contributed by atoms with Crippen LogP contribution in [0.3, 0.4) is 0 Å². The molecule has 0 saturated carbocycles. The highest BCUT2D eigenvalue weighted by Gasteiger charge is 2.45. The molecule has 0 aromatic carbocycles. The summed E-state index contributed by atoms with van der Waals surface area (Å²) in [5.41, 5.74) is 2.36. The van der Waals surface area contributed by atoms with E-state index in [2.05, 4.69) is 33.1 Å². The molecule has 144 valence electrons. The van der Waals surface area contributed by atoms with Gasteiger partial charge in [-0.25, -0.2) is 0 Å². The van der Waals surface area contributed by atoms with Crippen molar-refractivity contribution in [2.45, 2.75) is 44.4 Å². The fourth-order valence-corrected chi connectivity index (χ4v) is 4.45. The third kappa shape index (κ3) is 4.72. The number of hydrogen-bond acceptors (Lipinski definition) is 5. The molecule has 0 bridgehead atoms. The molecular weight excluding hydrogens is 338 g/mol. The first-order valence-electron chi connectivity index (χ1n) is 10.1. The van der Waals surface area contributed by atoms with Crippen molar-refractivity contribution in [2.75, 3.05) is 26.3 Å². The summed E-state index contributed by atoms with van der Waals surface area (Å²) in [6.45, 7) is 5.45. The zero-order valence-electron chi connectivity index (χ0n) is 15.9. The summed E-state index contributed by atoms with van der Waals surface area (Å²) in [7, 11) is 0. The smallest absolute Gasteiger partial charge is 0.0736 e. The van der Waals surface area contributed by atoms with Crippen LogP contribution in [-0.2, 0) is 22.6 Å². The van der Waals surface area contributed by atoms with Crippen molar-refractivity contribution in [2.24, 2.45) is 5.92 Å². The van der Waals surface area contributed by atoms with Gasteiger partial charge in [0.2, 0.25) is 0 Å². The second-order valence-electron chi connectivity index (χ2n) is 7.70. The van der Waals surface area contributed by atoms with Crippen molar-refractivity contribution in [3.63, 3.8) is 0 Å². The van der Waals surface area contributed by atoms with Gasteiger partial charge in [-0.15, -0.1) is 0 Å².